The molecule has 0 saturated carbocycles. The number of hydrogen-bond donors (Lipinski definition) is 0. The van der Waals surface area contributed by atoms with Gasteiger partial charge in [-0.1, -0.05) is 20.8 Å². The van der Waals surface area contributed by atoms with Crippen LogP contribution in [0.3, 0.4) is 0 Å². The van der Waals surface area contributed by atoms with Crippen molar-refractivity contribution < 1.29 is 38.7 Å². The van der Waals surface area contributed by atoms with Gasteiger partial charge in [-0.25, -0.2) is 19.4 Å². The Morgan fingerprint density at radius 2 is 1.59 bits per heavy atom. The van der Waals surface area contributed by atoms with Gasteiger partial charge in [-0.3, -0.25) is 9.59 Å². The normalized spacial score (nSPS) is 17.3. The van der Waals surface area contributed by atoms with Gasteiger partial charge in [-0.05, 0) is 28.6 Å². The van der Waals surface area contributed by atoms with Gasteiger partial charge >= 0.3 is 17.7 Å². The first-order chi connectivity index (χ1) is 9.98. The Morgan fingerprint density at radius 1 is 1.05 bits per heavy atom. The maximum absolute atomic E-state index is 11.9. The lowest BCUT2D eigenvalue weighted by Gasteiger charge is -2.26. The van der Waals surface area contributed by atoms with E-state index >= 15 is 0 Å². The molecule has 1 saturated heterocycles. The minimum absolute atomic E-state index is 0.292. The summed E-state index contributed by atoms with van der Waals surface area (Å²) in [7, 11) is 0. The van der Waals surface area contributed by atoms with E-state index in [-0.39, 0.29) is 6.42 Å². The van der Waals surface area contributed by atoms with E-state index in [9.17, 15) is 19.2 Å². The Bertz CT molecular complexity index is 492. The van der Waals surface area contributed by atoms with Crippen LogP contribution >= 0.6 is 23.2 Å². The van der Waals surface area contributed by atoms with E-state index in [0.29, 0.717) is 0 Å². The third-order valence-electron chi connectivity index (χ3n) is 2.86. The van der Waals surface area contributed by atoms with Crippen molar-refractivity contribution in [1.29, 1.82) is 0 Å². The monoisotopic (exact) mass is 356 g/mol. The Kier molecular flexibility index (Phi) is 5.91. The highest BCUT2D eigenvalue weighted by molar-refractivity contribution is 6.64. The summed E-state index contributed by atoms with van der Waals surface area (Å²) >= 11 is 10.4. The van der Waals surface area contributed by atoms with Crippen molar-refractivity contribution in [2.45, 2.75) is 39.4 Å². The summed E-state index contributed by atoms with van der Waals surface area (Å²) in [5.41, 5.74) is -0.662. The zero-order chi connectivity index (χ0) is 17.1. The molecule has 0 spiro atoms. The third-order valence-corrected chi connectivity index (χ3v) is 3.15. The highest BCUT2D eigenvalue weighted by Crippen LogP contribution is 2.36. The van der Waals surface area contributed by atoms with E-state index in [1.807, 2.05) is 0 Å². The number of hydrogen-bond acceptors (Lipinski definition) is 8. The van der Waals surface area contributed by atoms with Crippen LogP contribution in [0.1, 0.15) is 33.6 Å². The predicted molar refractivity (Wildman–Crippen MR) is 71.0 cm³/mol. The summed E-state index contributed by atoms with van der Waals surface area (Å²) < 4.78 is 0. The van der Waals surface area contributed by atoms with Gasteiger partial charge < -0.3 is 0 Å². The largest absolute Gasteiger partial charge is 0.420 e. The molecule has 0 aromatic carbocycles. The first-order valence-electron chi connectivity index (χ1n) is 6.14. The number of carbonyl (C=O) groups excluding carboxylic acids is 4. The van der Waals surface area contributed by atoms with Gasteiger partial charge in [0.1, 0.15) is 0 Å². The molecule has 0 N–H and O–H groups in total. The Labute approximate surface area is 135 Å². The molecule has 1 rings (SSSR count). The lowest BCUT2D eigenvalue weighted by atomic mass is 9.79. The second kappa shape index (κ2) is 6.91. The molecular formula is C12H14Cl2O8. The minimum atomic E-state index is -1.99. The van der Waals surface area contributed by atoms with E-state index in [1.54, 1.807) is 20.8 Å². The van der Waals surface area contributed by atoms with Crippen LogP contribution in [0.15, 0.2) is 0 Å². The molecule has 0 aromatic heterocycles. The standard InChI is InChI=1S/C12H14Cl2O8/c1-11(2,3)6(4-7(13)15)9(17)19-20-10(18)12(21-22-12)5-8(14)16/h6H,4-5H2,1-3H3. The van der Waals surface area contributed by atoms with Gasteiger partial charge in [-0.2, -0.15) is 9.78 Å². The van der Waals surface area contributed by atoms with Gasteiger partial charge in [0, 0.05) is 6.42 Å². The van der Waals surface area contributed by atoms with Crippen LogP contribution in [0.4, 0.5) is 0 Å². The smallest absolute Gasteiger partial charge is 0.281 e. The molecule has 0 aliphatic carbocycles. The summed E-state index contributed by atoms with van der Waals surface area (Å²) in [6.07, 6.45) is -0.895. The van der Waals surface area contributed by atoms with Crippen molar-refractivity contribution in [2.75, 3.05) is 0 Å². The fourth-order valence-corrected chi connectivity index (χ4v) is 1.87. The van der Waals surface area contributed by atoms with Crippen molar-refractivity contribution in [3.63, 3.8) is 0 Å². The van der Waals surface area contributed by atoms with Crippen LogP contribution < -0.4 is 0 Å². The average Bonchev–Trinajstić information content (AvgIpc) is 3.11. The van der Waals surface area contributed by atoms with E-state index < -0.39 is 46.0 Å². The second-order valence-electron chi connectivity index (χ2n) is 5.70. The maximum Gasteiger partial charge on any atom is 0.420 e. The molecule has 0 aromatic rings. The van der Waals surface area contributed by atoms with Crippen molar-refractivity contribution in [3.8, 4) is 0 Å². The highest BCUT2D eigenvalue weighted by atomic mass is 35.5. The van der Waals surface area contributed by atoms with E-state index in [2.05, 4.69) is 19.6 Å². The number of carbonyl (C=O) groups is 4. The van der Waals surface area contributed by atoms with Crippen LogP contribution in [-0.2, 0) is 38.7 Å². The van der Waals surface area contributed by atoms with Crippen LogP contribution in [-0.4, -0.2) is 28.2 Å². The van der Waals surface area contributed by atoms with Gasteiger partial charge in [0.15, 0.2) is 0 Å². The Hall–Kier alpha value is -1.22. The molecule has 1 unspecified atom stereocenters. The molecule has 1 aliphatic heterocycles. The zero-order valence-electron chi connectivity index (χ0n) is 12.0. The van der Waals surface area contributed by atoms with Crippen LogP contribution in [0.5, 0.6) is 0 Å². The average molecular weight is 357 g/mol. The lowest BCUT2D eigenvalue weighted by molar-refractivity contribution is -0.268. The summed E-state index contributed by atoms with van der Waals surface area (Å²) in [4.78, 5) is 62.6. The summed E-state index contributed by atoms with van der Waals surface area (Å²) in [5, 5.41) is -1.64. The highest BCUT2D eigenvalue weighted by Gasteiger charge is 2.61. The molecule has 0 radical (unpaired) electrons. The van der Waals surface area contributed by atoms with Gasteiger partial charge in [0.05, 0.1) is 12.3 Å². The molecule has 10 heteroatoms. The van der Waals surface area contributed by atoms with Crippen molar-refractivity contribution in [1.82, 2.24) is 0 Å². The molecule has 8 nitrogen and oxygen atoms in total. The van der Waals surface area contributed by atoms with E-state index in [1.165, 1.54) is 0 Å². The fourth-order valence-electron chi connectivity index (χ4n) is 1.54. The molecule has 22 heavy (non-hydrogen) atoms. The third kappa shape index (κ3) is 5.20. The number of rotatable bonds is 6. The van der Waals surface area contributed by atoms with Crippen LogP contribution in [0, 0.1) is 11.3 Å². The fraction of sp³-hybridized carbons (Fsp3) is 0.667. The quantitative estimate of drug-likeness (QED) is 0.305. The molecular weight excluding hydrogens is 343 g/mol. The number of halogens is 2. The van der Waals surface area contributed by atoms with Gasteiger partial charge in [0.2, 0.25) is 10.5 Å². The van der Waals surface area contributed by atoms with Gasteiger partial charge in [0.25, 0.3) is 0 Å². The summed E-state index contributed by atoms with van der Waals surface area (Å²) in [6, 6.07) is 0. The molecule has 1 fully saturated rings. The molecule has 0 amide bonds. The van der Waals surface area contributed by atoms with Crippen molar-refractivity contribution in [3.05, 3.63) is 0 Å². The van der Waals surface area contributed by atoms with E-state index in [0.717, 1.165) is 0 Å². The van der Waals surface area contributed by atoms with Crippen molar-refractivity contribution in [2.24, 2.45) is 11.3 Å². The van der Waals surface area contributed by atoms with Crippen molar-refractivity contribution >= 4 is 45.6 Å². The lowest BCUT2D eigenvalue weighted by Crippen LogP contribution is -2.34. The first-order valence-corrected chi connectivity index (χ1v) is 6.90. The van der Waals surface area contributed by atoms with Crippen LogP contribution in [0.2, 0.25) is 0 Å². The SMILES string of the molecule is CC(C)(C)C(CC(=O)Cl)C(=O)OOC(=O)C1(CC(=O)Cl)OO1. The topological polar surface area (TPSA) is 112 Å². The second-order valence-corrected chi connectivity index (χ2v) is 6.55. The first kappa shape index (κ1) is 18.8. The molecule has 1 atom stereocenters. The maximum atomic E-state index is 11.9. The van der Waals surface area contributed by atoms with E-state index in [4.69, 9.17) is 23.2 Å². The Balaban J connectivity index is 2.62. The minimum Gasteiger partial charge on any atom is -0.281 e. The summed E-state index contributed by atoms with van der Waals surface area (Å²) in [6.45, 7) is 5.05. The predicted octanol–water partition coefficient (Wildman–Crippen LogP) is 1.62. The molecule has 124 valence electrons. The summed E-state index contributed by atoms with van der Waals surface area (Å²) in [5.74, 6) is -5.14. The zero-order valence-corrected chi connectivity index (χ0v) is 13.5. The Morgan fingerprint density at radius 3 is 1.95 bits per heavy atom. The van der Waals surface area contributed by atoms with Gasteiger partial charge in [-0.15, -0.1) is 0 Å². The molecule has 1 aliphatic rings. The van der Waals surface area contributed by atoms with Crippen LogP contribution in [0.25, 0.3) is 0 Å². The molecule has 0 bridgehead atoms. The molecule has 1 heterocycles.